The van der Waals surface area contributed by atoms with Crippen molar-refractivity contribution in [3.8, 4) is 0 Å². The molecule has 0 heterocycles. The van der Waals surface area contributed by atoms with E-state index >= 15 is 0 Å². The molecule has 0 amide bonds. The molecule has 2 unspecified atom stereocenters. The second kappa shape index (κ2) is 7.24. The van der Waals surface area contributed by atoms with E-state index in [1.165, 1.54) is 36.9 Å². The van der Waals surface area contributed by atoms with Crippen molar-refractivity contribution < 1.29 is 0 Å². The average Bonchev–Trinajstić information content (AvgIpc) is 3.28. The van der Waals surface area contributed by atoms with E-state index in [2.05, 4.69) is 62.3 Å². The quantitative estimate of drug-likeness (QED) is 0.776. The monoisotopic (exact) mass is 274 g/mol. The molecule has 1 aromatic carbocycles. The average molecular weight is 274 g/mol. The second-order valence-electron chi connectivity index (χ2n) is 6.37. The Morgan fingerprint density at radius 2 is 1.90 bits per heavy atom. The highest BCUT2D eigenvalue weighted by Gasteiger charge is 2.30. The van der Waals surface area contributed by atoms with Crippen LogP contribution >= 0.6 is 0 Å². The normalized spacial score (nSPS) is 18.2. The lowest BCUT2D eigenvalue weighted by Crippen LogP contribution is -2.34. The molecule has 0 aliphatic heterocycles. The van der Waals surface area contributed by atoms with Gasteiger partial charge in [0, 0.05) is 12.1 Å². The van der Waals surface area contributed by atoms with E-state index < -0.39 is 0 Å². The van der Waals surface area contributed by atoms with Gasteiger partial charge in [-0.1, -0.05) is 36.8 Å². The van der Waals surface area contributed by atoms with Crippen LogP contribution in [0.25, 0.3) is 0 Å². The lowest BCUT2D eigenvalue weighted by Gasteiger charge is -2.27. The summed E-state index contributed by atoms with van der Waals surface area (Å²) in [6.07, 6.45) is 4.05. The van der Waals surface area contributed by atoms with Crippen LogP contribution in [0.3, 0.4) is 0 Å². The molecular weight excluding hydrogens is 244 g/mol. The molecule has 0 radical (unpaired) electrons. The Labute approximate surface area is 124 Å². The summed E-state index contributed by atoms with van der Waals surface area (Å²) in [5.41, 5.74) is 2.76. The van der Waals surface area contributed by atoms with Crippen molar-refractivity contribution >= 4 is 0 Å². The van der Waals surface area contributed by atoms with Crippen LogP contribution in [0, 0.1) is 12.8 Å². The third-order valence-electron chi connectivity index (χ3n) is 4.70. The molecule has 0 aromatic heterocycles. The summed E-state index contributed by atoms with van der Waals surface area (Å²) in [7, 11) is 2.28. The zero-order valence-electron chi connectivity index (χ0n) is 13.5. The van der Waals surface area contributed by atoms with Gasteiger partial charge in [0.15, 0.2) is 0 Å². The SMILES string of the molecule is CCNC(CCN(C)C(C)C1CC1)c1ccc(C)cc1. The summed E-state index contributed by atoms with van der Waals surface area (Å²) in [6, 6.07) is 10.2. The first-order chi connectivity index (χ1) is 9.61. The van der Waals surface area contributed by atoms with E-state index in [9.17, 15) is 0 Å². The Morgan fingerprint density at radius 3 is 2.45 bits per heavy atom. The van der Waals surface area contributed by atoms with Crippen molar-refractivity contribution in [3.63, 3.8) is 0 Å². The zero-order chi connectivity index (χ0) is 14.5. The molecule has 2 atom stereocenters. The standard InChI is InChI=1S/C18H30N2/c1-5-19-18(17-8-6-14(2)7-9-17)12-13-20(4)15(3)16-10-11-16/h6-9,15-16,18-19H,5,10-13H2,1-4H3. The first kappa shape index (κ1) is 15.5. The van der Waals surface area contributed by atoms with Crippen LogP contribution in [0.1, 0.15) is 50.3 Å². The van der Waals surface area contributed by atoms with Crippen LogP contribution in [0.2, 0.25) is 0 Å². The highest BCUT2D eigenvalue weighted by Crippen LogP contribution is 2.34. The fourth-order valence-electron chi connectivity index (χ4n) is 2.91. The summed E-state index contributed by atoms with van der Waals surface area (Å²) in [6.45, 7) is 8.92. The van der Waals surface area contributed by atoms with Crippen LogP contribution in [0.5, 0.6) is 0 Å². The molecule has 0 saturated heterocycles. The van der Waals surface area contributed by atoms with E-state index in [1.54, 1.807) is 0 Å². The smallest absolute Gasteiger partial charge is 0.0332 e. The summed E-state index contributed by atoms with van der Waals surface area (Å²) in [4.78, 5) is 2.54. The van der Waals surface area contributed by atoms with Crippen molar-refractivity contribution in [3.05, 3.63) is 35.4 Å². The Morgan fingerprint density at radius 1 is 1.25 bits per heavy atom. The third-order valence-corrected chi connectivity index (χ3v) is 4.70. The van der Waals surface area contributed by atoms with E-state index in [4.69, 9.17) is 0 Å². The van der Waals surface area contributed by atoms with Gasteiger partial charge in [0.05, 0.1) is 0 Å². The van der Waals surface area contributed by atoms with Gasteiger partial charge in [-0.2, -0.15) is 0 Å². The van der Waals surface area contributed by atoms with Gasteiger partial charge in [0.1, 0.15) is 0 Å². The molecule has 0 spiro atoms. The molecule has 1 aromatic rings. The van der Waals surface area contributed by atoms with Gasteiger partial charge in [0.2, 0.25) is 0 Å². The summed E-state index contributed by atoms with van der Waals surface area (Å²) in [5, 5.41) is 3.63. The molecule has 1 N–H and O–H groups in total. The van der Waals surface area contributed by atoms with Crippen LogP contribution in [0.4, 0.5) is 0 Å². The number of aryl methyl sites for hydroxylation is 1. The summed E-state index contributed by atoms with van der Waals surface area (Å²) in [5.74, 6) is 0.956. The van der Waals surface area contributed by atoms with Crippen molar-refractivity contribution in [1.29, 1.82) is 0 Å². The highest BCUT2D eigenvalue weighted by atomic mass is 15.1. The Hall–Kier alpha value is -0.860. The molecular formula is C18H30N2. The molecule has 1 saturated carbocycles. The third kappa shape index (κ3) is 4.32. The Bertz CT molecular complexity index is 394. The maximum absolute atomic E-state index is 3.63. The number of hydrogen-bond acceptors (Lipinski definition) is 2. The van der Waals surface area contributed by atoms with E-state index in [-0.39, 0.29) is 0 Å². The van der Waals surface area contributed by atoms with Gasteiger partial charge in [0.25, 0.3) is 0 Å². The first-order valence-corrected chi connectivity index (χ1v) is 8.12. The molecule has 0 bridgehead atoms. The number of nitrogens with one attached hydrogen (secondary N) is 1. The molecule has 1 aliphatic carbocycles. The fourth-order valence-corrected chi connectivity index (χ4v) is 2.91. The van der Waals surface area contributed by atoms with Gasteiger partial charge in [-0.15, -0.1) is 0 Å². The van der Waals surface area contributed by atoms with Gasteiger partial charge in [-0.3, -0.25) is 0 Å². The molecule has 2 rings (SSSR count). The zero-order valence-corrected chi connectivity index (χ0v) is 13.5. The van der Waals surface area contributed by atoms with Gasteiger partial charge in [-0.25, -0.2) is 0 Å². The van der Waals surface area contributed by atoms with Crippen LogP contribution in [-0.2, 0) is 0 Å². The number of rotatable bonds is 8. The van der Waals surface area contributed by atoms with E-state index in [0.717, 1.165) is 18.5 Å². The molecule has 2 nitrogen and oxygen atoms in total. The predicted octanol–water partition coefficient (Wildman–Crippen LogP) is 3.77. The van der Waals surface area contributed by atoms with Crippen molar-refractivity contribution in [2.24, 2.45) is 5.92 Å². The molecule has 112 valence electrons. The maximum Gasteiger partial charge on any atom is 0.0332 e. The van der Waals surface area contributed by atoms with Crippen LogP contribution in [0.15, 0.2) is 24.3 Å². The minimum Gasteiger partial charge on any atom is -0.310 e. The maximum atomic E-state index is 3.63. The fraction of sp³-hybridized carbons (Fsp3) is 0.667. The van der Waals surface area contributed by atoms with E-state index in [1.807, 2.05) is 0 Å². The minimum atomic E-state index is 0.481. The Kier molecular flexibility index (Phi) is 5.62. The summed E-state index contributed by atoms with van der Waals surface area (Å²) >= 11 is 0. The topological polar surface area (TPSA) is 15.3 Å². The summed E-state index contributed by atoms with van der Waals surface area (Å²) < 4.78 is 0. The number of hydrogen-bond donors (Lipinski definition) is 1. The lowest BCUT2D eigenvalue weighted by molar-refractivity contribution is 0.222. The first-order valence-electron chi connectivity index (χ1n) is 8.12. The van der Waals surface area contributed by atoms with Crippen molar-refractivity contribution in [1.82, 2.24) is 10.2 Å². The number of benzene rings is 1. The van der Waals surface area contributed by atoms with Crippen LogP contribution in [-0.4, -0.2) is 31.1 Å². The molecule has 1 aliphatic rings. The Balaban J connectivity index is 1.89. The van der Waals surface area contributed by atoms with Gasteiger partial charge >= 0.3 is 0 Å². The lowest BCUT2D eigenvalue weighted by atomic mass is 10.0. The predicted molar refractivity (Wildman–Crippen MR) is 87.0 cm³/mol. The second-order valence-corrected chi connectivity index (χ2v) is 6.37. The highest BCUT2D eigenvalue weighted by molar-refractivity contribution is 5.24. The van der Waals surface area contributed by atoms with Crippen LogP contribution < -0.4 is 5.32 Å². The van der Waals surface area contributed by atoms with Crippen molar-refractivity contribution in [2.75, 3.05) is 20.1 Å². The molecule has 20 heavy (non-hydrogen) atoms. The number of nitrogens with zero attached hydrogens (tertiary/aromatic N) is 1. The molecule has 2 heteroatoms. The molecule has 1 fully saturated rings. The minimum absolute atomic E-state index is 0.481. The van der Waals surface area contributed by atoms with Crippen molar-refractivity contribution in [2.45, 2.75) is 52.1 Å². The largest absolute Gasteiger partial charge is 0.310 e. The van der Waals surface area contributed by atoms with Gasteiger partial charge in [-0.05, 0) is 64.7 Å². The van der Waals surface area contributed by atoms with E-state index in [0.29, 0.717) is 6.04 Å². The van der Waals surface area contributed by atoms with Gasteiger partial charge < -0.3 is 10.2 Å².